The quantitative estimate of drug-likeness (QED) is 0.593. The van der Waals surface area contributed by atoms with Gasteiger partial charge in [-0.15, -0.1) is 0 Å². The zero-order chi connectivity index (χ0) is 17.2. The van der Waals surface area contributed by atoms with Crippen molar-refractivity contribution in [3.05, 3.63) is 70.2 Å². The summed E-state index contributed by atoms with van der Waals surface area (Å²) >= 11 is 6.16. The van der Waals surface area contributed by atoms with Crippen molar-refractivity contribution >= 4 is 17.6 Å². The molecule has 0 saturated heterocycles. The third kappa shape index (κ3) is 5.87. The smallest absolute Gasteiger partial charge is 0.191 e. The van der Waals surface area contributed by atoms with Gasteiger partial charge in [0.1, 0.15) is 0 Å². The van der Waals surface area contributed by atoms with Crippen LogP contribution >= 0.6 is 11.6 Å². The maximum absolute atomic E-state index is 6.16. The van der Waals surface area contributed by atoms with Crippen LogP contribution in [-0.2, 0) is 24.4 Å². The summed E-state index contributed by atoms with van der Waals surface area (Å²) in [7, 11) is 1.76. The molecule has 0 aliphatic carbocycles. The van der Waals surface area contributed by atoms with Gasteiger partial charge in [-0.3, -0.25) is 4.99 Å². The fourth-order valence-electron chi connectivity index (χ4n) is 2.20. The lowest BCUT2D eigenvalue weighted by Gasteiger charge is -2.13. The largest absolute Gasteiger partial charge is 0.377 e. The maximum Gasteiger partial charge on any atom is 0.191 e. The lowest BCUT2D eigenvalue weighted by molar-refractivity contribution is 0.134. The molecule has 0 saturated carbocycles. The SMILES string of the molecule is CCOCc1ccc(CNC(=NC)NCc2ccccc2Cl)cc1. The van der Waals surface area contributed by atoms with Crippen molar-refractivity contribution in [2.45, 2.75) is 26.6 Å². The van der Waals surface area contributed by atoms with E-state index in [1.165, 1.54) is 11.1 Å². The first-order valence-electron chi connectivity index (χ1n) is 8.06. The maximum atomic E-state index is 6.16. The van der Waals surface area contributed by atoms with Gasteiger partial charge in [0.25, 0.3) is 0 Å². The van der Waals surface area contributed by atoms with E-state index in [1.807, 2.05) is 31.2 Å². The Bertz CT molecular complexity index is 656. The molecule has 0 bridgehead atoms. The van der Waals surface area contributed by atoms with Gasteiger partial charge in [0, 0.05) is 31.8 Å². The van der Waals surface area contributed by atoms with Gasteiger partial charge >= 0.3 is 0 Å². The average Bonchev–Trinajstić information content (AvgIpc) is 2.62. The number of hydrogen-bond acceptors (Lipinski definition) is 2. The lowest BCUT2D eigenvalue weighted by atomic mass is 10.1. The third-order valence-electron chi connectivity index (χ3n) is 3.58. The Kier molecular flexibility index (Phi) is 7.59. The van der Waals surface area contributed by atoms with E-state index in [9.17, 15) is 0 Å². The summed E-state index contributed by atoms with van der Waals surface area (Å²) in [4.78, 5) is 4.24. The molecular formula is C19H24ClN3O. The number of nitrogens with one attached hydrogen (secondary N) is 2. The van der Waals surface area contributed by atoms with Crippen LogP contribution in [0.3, 0.4) is 0 Å². The van der Waals surface area contributed by atoms with Crippen LogP contribution in [0.25, 0.3) is 0 Å². The Morgan fingerprint density at radius 2 is 1.67 bits per heavy atom. The number of rotatable bonds is 7. The van der Waals surface area contributed by atoms with E-state index in [0.717, 1.165) is 23.2 Å². The highest BCUT2D eigenvalue weighted by molar-refractivity contribution is 6.31. The molecule has 5 heteroatoms. The Hall–Kier alpha value is -2.04. The fourth-order valence-corrected chi connectivity index (χ4v) is 2.40. The van der Waals surface area contributed by atoms with Crippen LogP contribution in [0, 0.1) is 0 Å². The highest BCUT2D eigenvalue weighted by atomic mass is 35.5. The Labute approximate surface area is 148 Å². The van der Waals surface area contributed by atoms with Gasteiger partial charge in [-0.05, 0) is 29.7 Å². The molecule has 2 rings (SSSR count). The highest BCUT2D eigenvalue weighted by Crippen LogP contribution is 2.14. The molecule has 0 fully saturated rings. The molecular weight excluding hydrogens is 322 g/mol. The molecule has 0 radical (unpaired) electrons. The first kappa shape index (κ1) is 18.3. The molecule has 0 aliphatic rings. The highest BCUT2D eigenvalue weighted by Gasteiger charge is 2.02. The number of aliphatic imine (C=N–C) groups is 1. The van der Waals surface area contributed by atoms with E-state index in [0.29, 0.717) is 19.7 Å². The minimum Gasteiger partial charge on any atom is -0.377 e. The Morgan fingerprint density at radius 3 is 2.33 bits per heavy atom. The molecule has 24 heavy (non-hydrogen) atoms. The van der Waals surface area contributed by atoms with E-state index in [-0.39, 0.29) is 0 Å². The van der Waals surface area contributed by atoms with Gasteiger partial charge in [0.2, 0.25) is 0 Å². The fraction of sp³-hybridized carbons (Fsp3) is 0.316. The molecule has 4 nitrogen and oxygen atoms in total. The number of benzene rings is 2. The van der Waals surface area contributed by atoms with Crippen molar-refractivity contribution in [1.82, 2.24) is 10.6 Å². The van der Waals surface area contributed by atoms with Crippen LogP contribution in [-0.4, -0.2) is 19.6 Å². The molecule has 0 spiro atoms. The molecule has 0 aliphatic heterocycles. The van der Waals surface area contributed by atoms with Crippen molar-refractivity contribution in [1.29, 1.82) is 0 Å². The van der Waals surface area contributed by atoms with Gasteiger partial charge in [-0.1, -0.05) is 54.1 Å². The molecule has 0 heterocycles. The van der Waals surface area contributed by atoms with Crippen molar-refractivity contribution in [2.24, 2.45) is 4.99 Å². The summed E-state index contributed by atoms with van der Waals surface area (Å²) in [6.07, 6.45) is 0. The van der Waals surface area contributed by atoms with Gasteiger partial charge < -0.3 is 15.4 Å². The summed E-state index contributed by atoms with van der Waals surface area (Å²) in [5, 5.41) is 7.33. The number of nitrogens with zero attached hydrogens (tertiary/aromatic N) is 1. The molecule has 0 aromatic heterocycles. The molecule has 0 atom stereocenters. The van der Waals surface area contributed by atoms with Crippen molar-refractivity contribution < 1.29 is 4.74 Å². The second-order valence-corrected chi connectivity index (χ2v) is 5.73. The van der Waals surface area contributed by atoms with E-state index in [2.05, 4.69) is 39.9 Å². The summed E-state index contributed by atoms with van der Waals surface area (Å²) in [5.74, 6) is 0.744. The number of guanidine groups is 1. The molecule has 0 unspecified atom stereocenters. The molecule has 2 aromatic carbocycles. The molecule has 0 amide bonds. The first-order chi connectivity index (χ1) is 11.7. The number of ether oxygens (including phenoxy) is 1. The number of hydrogen-bond donors (Lipinski definition) is 2. The zero-order valence-electron chi connectivity index (χ0n) is 14.2. The van der Waals surface area contributed by atoms with Crippen LogP contribution in [0.4, 0.5) is 0 Å². The Morgan fingerprint density at radius 1 is 1.00 bits per heavy atom. The molecule has 2 N–H and O–H groups in total. The van der Waals surface area contributed by atoms with Gasteiger partial charge in [0.15, 0.2) is 5.96 Å². The molecule has 2 aromatic rings. The van der Waals surface area contributed by atoms with Crippen molar-refractivity contribution in [2.75, 3.05) is 13.7 Å². The van der Waals surface area contributed by atoms with E-state index < -0.39 is 0 Å². The van der Waals surface area contributed by atoms with Gasteiger partial charge in [0.05, 0.1) is 6.61 Å². The second kappa shape index (κ2) is 9.96. The van der Waals surface area contributed by atoms with E-state index >= 15 is 0 Å². The summed E-state index contributed by atoms with van der Waals surface area (Å²) < 4.78 is 5.40. The zero-order valence-corrected chi connectivity index (χ0v) is 14.9. The monoisotopic (exact) mass is 345 g/mol. The van der Waals surface area contributed by atoms with Gasteiger partial charge in [-0.25, -0.2) is 0 Å². The predicted octanol–water partition coefficient (Wildman–Crippen LogP) is 3.74. The van der Waals surface area contributed by atoms with E-state index in [1.54, 1.807) is 7.05 Å². The van der Waals surface area contributed by atoms with Crippen LogP contribution in [0.2, 0.25) is 5.02 Å². The Balaban J connectivity index is 1.82. The lowest BCUT2D eigenvalue weighted by Crippen LogP contribution is -2.36. The van der Waals surface area contributed by atoms with Crippen LogP contribution in [0.15, 0.2) is 53.5 Å². The summed E-state index contributed by atoms with van der Waals surface area (Å²) in [6, 6.07) is 16.2. The second-order valence-electron chi connectivity index (χ2n) is 5.32. The van der Waals surface area contributed by atoms with Crippen LogP contribution < -0.4 is 10.6 Å². The van der Waals surface area contributed by atoms with E-state index in [4.69, 9.17) is 16.3 Å². The molecule has 128 valence electrons. The predicted molar refractivity (Wildman–Crippen MR) is 100 cm³/mol. The minimum absolute atomic E-state index is 0.632. The van der Waals surface area contributed by atoms with Gasteiger partial charge in [-0.2, -0.15) is 0 Å². The van der Waals surface area contributed by atoms with Crippen LogP contribution in [0.5, 0.6) is 0 Å². The summed E-state index contributed by atoms with van der Waals surface area (Å²) in [6.45, 7) is 4.73. The minimum atomic E-state index is 0.632. The first-order valence-corrected chi connectivity index (χ1v) is 8.44. The number of halogens is 1. The third-order valence-corrected chi connectivity index (χ3v) is 3.95. The standard InChI is InChI=1S/C19H24ClN3O/c1-3-24-14-16-10-8-15(9-11-16)12-22-19(21-2)23-13-17-6-4-5-7-18(17)20/h4-11H,3,12-14H2,1-2H3,(H2,21,22,23). The topological polar surface area (TPSA) is 45.6 Å². The van der Waals surface area contributed by atoms with Crippen molar-refractivity contribution in [3.63, 3.8) is 0 Å². The average molecular weight is 346 g/mol. The normalized spacial score (nSPS) is 11.4. The summed E-state index contributed by atoms with van der Waals surface area (Å²) in [5.41, 5.74) is 3.42. The van der Waals surface area contributed by atoms with Crippen LogP contribution in [0.1, 0.15) is 23.6 Å². The van der Waals surface area contributed by atoms with Crippen molar-refractivity contribution in [3.8, 4) is 0 Å².